The first-order valence-corrected chi connectivity index (χ1v) is 6.63. The van der Waals surface area contributed by atoms with E-state index in [1.807, 2.05) is 5.38 Å². The Balaban J connectivity index is 2.14. The Bertz CT molecular complexity index is 558. The van der Waals surface area contributed by atoms with Crippen molar-refractivity contribution in [1.29, 1.82) is 0 Å². The van der Waals surface area contributed by atoms with E-state index in [9.17, 15) is 5.11 Å². The third kappa shape index (κ3) is 2.99. The summed E-state index contributed by atoms with van der Waals surface area (Å²) in [5.74, 6) is 0.461. The van der Waals surface area contributed by atoms with Gasteiger partial charge in [-0.3, -0.25) is 5.43 Å². The van der Waals surface area contributed by atoms with E-state index >= 15 is 0 Å². The molecule has 1 heterocycles. The number of hydrogen-bond acceptors (Lipinski definition) is 6. The van der Waals surface area contributed by atoms with Crippen molar-refractivity contribution in [3.63, 3.8) is 0 Å². The Morgan fingerprint density at radius 1 is 1.56 bits per heavy atom. The monoisotopic (exact) mass is 327 g/mol. The normalized spacial score (nSPS) is 10.8. The molecule has 0 spiro atoms. The van der Waals surface area contributed by atoms with Gasteiger partial charge < -0.3 is 9.84 Å². The Morgan fingerprint density at radius 3 is 3.06 bits per heavy atom. The van der Waals surface area contributed by atoms with Crippen molar-refractivity contribution in [2.24, 2.45) is 5.10 Å². The zero-order valence-corrected chi connectivity index (χ0v) is 11.8. The first-order chi connectivity index (χ1) is 8.70. The topological polar surface area (TPSA) is 66.7 Å². The molecule has 0 fully saturated rings. The number of benzene rings is 1. The fourth-order valence-electron chi connectivity index (χ4n) is 1.26. The number of methoxy groups -OCH3 is 1. The number of phenolic OH excluding ortho intramolecular Hbond substituents is 1. The summed E-state index contributed by atoms with van der Waals surface area (Å²) in [6, 6.07) is 3.43. The number of hydrogen-bond donors (Lipinski definition) is 2. The number of aromatic hydroxyl groups is 1. The predicted octanol–water partition coefficient (Wildman–Crippen LogP) is 3.07. The average Bonchev–Trinajstić information content (AvgIpc) is 2.86. The number of phenols is 1. The number of nitrogens with zero attached hydrogens (tertiary/aromatic N) is 2. The molecular weight excluding hydrogens is 318 g/mol. The molecule has 0 unspecified atom stereocenters. The lowest BCUT2D eigenvalue weighted by Crippen LogP contribution is -1.92. The van der Waals surface area contributed by atoms with Gasteiger partial charge in [0.15, 0.2) is 11.5 Å². The number of thiazole rings is 1. The van der Waals surface area contributed by atoms with Gasteiger partial charge in [-0.2, -0.15) is 5.10 Å². The Hall–Kier alpha value is -1.60. The molecule has 0 amide bonds. The number of aromatic nitrogens is 1. The highest BCUT2D eigenvalue weighted by molar-refractivity contribution is 9.10. The van der Waals surface area contributed by atoms with Crippen molar-refractivity contribution in [2.45, 2.75) is 0 Å². The maximum absolute atomic E-state index is 9.66. The molecule has 18 heavy (non-hydrogen) atoms. The third-order valence-electron chi connectivity index (χ3n) is 2.08. The summed E-state index contributed by atoms with van der Waals surface area (Å²) in [7, 11) is 1.50. The fourth-order valence-corrected chi connectivity index (χ4v) is 2.20. The van der Waals surface area contributed by atoms with Gasteiger partial charge in [-0.15, -0.1) is 11.3 Å². The summed E-state index contributed by atoms with van der Waals surface area (Å²) >= 11 is 4.71. The van der Waals surface area contributed by atoms with Crippen molar-refractivity contribution in [1.82, 2.24) is 4.98 Å². The molecule has 5 nitrogen and oxygen atoms in total. The predicted molar refractivity (Wildman–Crippen MR) is 75.7 cm³/mol. The van der Waals surface area contributed by atoms with E-state index in [0.717, 1.165) is 10.7 Å². The van der Waals surface area contributed by atoms with Gasteiger partial charge in [0.1, 0.15) is 0 Å². The maximum atomic E-state index is 9.66. The Morgan fingerprint density at radius 2 is 2.39 bits per heavy atom. The first-order valence-electron chi connectivity index (χ1n) is 4.96. The lowest BCUT2D eigenvalue weighted by Gasteiger charge is -2.06. The quantitative estimate of drug-likeness (QED) is 0.669. The highest BCUT2D eigenvalue weighted by Gasteiger charge is 2.07. The molecule has 0 saturated carbocycles. The average molecular weight is 328 g/mol. The van der Waals surface area contributed by atoms with E-state index in [2.05, 4.69) is 31.4 Å². The molecule has 94 valence electrons. The van der Waals surface area contributed by atoms with Gasteiger partial charge in [-0.1, -0.05) is 0 Å². The molecule has 2 rings (SSSR count). The van der Waals surface area contributed by atoms with Gasteiger partial charge in [-0.25, -0.2) is 4.98 Å². The smallest absolute Gasteiger partial charge is 0.203 e. The van der Waals surface area contributed by atoms with Crippen LogP contribution in [0.1, 0.15) is 5.56 Å². The number of halogens is 1. The van der Waals surface area contributed by atoms with Crippen LogP contribution in [0.2, 0.25) is 0 Å². The molecule has 0 aliphatic carbocycles. The van der Waals surface area contributed by atoms with Crippen LogP contribution in [0.3, 0.4) is 0 Å². The van der Waals surface area contributed by atoms with Crippen LogP contribution >= 0.6 is 27.3 Å². The van der Waals surface area contributed by atoms with Crippen molar-refractivity contribution in [3.8, 4) is 11.5 Å². The van der Waals surface area contributed by atoms with Gasteiger partial charge in [0.25, 0.3) is 0 Å². The second-order valence-corrected chi connectivity index (χ2v) is 5.01. The molecule has 0 aliphatic heterocycles. The summed E-state index contributed by atoms with van der Waals surface area (Å²) in [5.41, 5.74) is 3.60. The second-order valence-electron chi connectivity index (χ2n) is 3.26. The number of nitrogens with one attached hydrogen (secondary N) is 1. The largest absolute Gasteiger partial charge is 0.503 e. The minimum atomic E-state index is 0.0718. The Labute approximate surface area is 116 Å². The van der Waals surface area contributed by atoms with Gasteiger partial charge in [-0.05, 0) is 33.6 Å². The number of anilines is 1. The van der Waals surface area contributed by atoms with Crippen LogP contribution in [0.4, 0.5) is 5.13 Å². The third-order valence-corrected chi connectivity index (χ3v) is 3.36. The van der Waals surface area contributed by atoms with Crippen LogP contribution in [-0.4, -0.2) is 23.4 Å². The molecule has 2 N–H and O–H groups in total. The van der Waals surface area contributed by atoms with Crippen LogP contribution in [0.15, 0.2) is 33.3 Å². The van der Waals surface area contributed by atoms with Gasteiger partial charge >= 0.3 is 0 Å². The van der Waals surface area contributed by atoms with Crippen LogP contribution in [-0.2, 0) is 0 Å². The molecule has 0 radical (unpaired) electrons. The SMILES string of the molecule is COc1cc(/C=N\Nc2nccs2)cc(Br)c1O. The summed E-state index contributed by atoms with van der Waals surface area (Å²) in [5, 5.41) is 16.3. The van der Waals surface area contributed by atoms with Crippen LogP contribution in [0.5, 0.6) is 11.5 Å². The molecule has 7 heteroatoms. The van der Waals surface area contributed by atoms with Gasteiger partial charge in [0.05, 0.1) is 17.8 Å². The number of rotatable bonds is 4. The number of ether oxygens (including phenoxy) is 1. The maximum Gasteiger partial charge on any atom is 0.203 e. The van der Waals surface area contributed by atoms with E-state index in [1.54, 1.807) is 24.5 Å². The highest BCUT2D eigenvalue weighted by Crippen LogP contribution is 2.34. The van der Waals surface area contributed by atoms with E-state index in [4.69, 9.17) is 4.74 Å². The van der Waals surface area contributed by atoms with Crippen molar-refractivity contribution in [3.05, 3.63) is 33.7 Å². The van der Waals surface area contributed by atoms with Crippen LogP contribution in [0.25, 0.3) is 0 Å². The molecular formula is C11H10BrN3O2S. The first kappa shape index (κ1) is 12.8. The molecule has 1 aromatic carbocycles. The highest BCUT2D eigenvalue weighted by atomic mass is 79.9. The fraction of sp³-hybridized carbons (Fsp3) is 0.0909. The zero-order chi connectivity index (χ0) is 13.0. The number of hydrazone groups is 1. The van der Waals surface area contributed by atoms with Crippen LogP contribution in [0, 0.1) is 0 Å². The summed E-state index contributed by atoms with van der Waals surface area (Å²) in [4.78, 5) is 4.03. The van der Waals surface area contributed by atoms with Gasteiger partial charge in [0, 0.05) is 11.6 Å². The van der Waals surface area contributed by atoms with Crippen molar-refractivity contribution < 1.29 is 9.84 Å². The molecule has 0 saturated heterocycles. The molecule has 1 aromatic heterocycles. The molecule has 0 atom stereocenters. The summed E-state index contributed by atoms with van der Waals surface area (Å²) in [6.45, 7) is 0. The molecule has 2 aromatic rings. The standard InChI is InChI=1S/C11H10BrN3O2S/c1-17-9-5-7(4-8(12)10(9)16)6-14-15-11-13-2-3-18-11/h2-6,16H,1H3,(H,13,15)/b14-6-. The lowest BCUT2D eigenvalue weighted by molar-refractivity contribution is 0.372. The van der Waals surface area contributed by atoms with E-state index < -0.39 is 0 Å². The van der Waals surface area contributed by atoms with Crippen molar-refractivity contribution in [2.75, 3.05) is 12.5 Å². The lowest BCUT2D eigenvalue weighted by atomic mass is 10.2. The molecule has 0 bridgehead atoms. The second kappa shape index (κ2) is 5.83. The molecule has 0 aliphatic rings. The minimum absolute atomic E-state index is 0.0718. The summed E-state index contributed by atoms with van der Waals surface area (Å²) in [6.07, 6.45) is 3.32. The Kier molecular flexibility index (Phi) is 4.16. The zero-order valence-electron chi connectivity index (χ0n) is 9.42. The van der Waals surface area contributed by atoms with Gasteiger partial charge in [0.2, 0.25) is 5.13 Å². The minimum Gasteiger partial charge on any atom is -0.503 e. The van der Waals surface area contributed by atoms with Crippen LogP contribution < -0.4 is 10.2 Å². The van der Waals surface area contributed by atoms with Crippen molar-refractivity contribution >= 4 is 38.6 Å². The van der Waals surface area contributed by atoms with E-state index in [1.165, 1.54) is 18.4 Å². The van der Waals surface area contributed by atoms with E-state index in [-0.39, 0.29) is 5.75 Å². The summed E-state index contributed by atoms with van der Waals surface area (Å²) < 4.78 is 5.60. The van der Waals surface area contributed by atoms with E-state index in [0.29, 0.717) is 10.2 Å².